The molecule has 1 nitrogen and oxygen atoms in total. The normalized spacial score (nSPS) is 17.8. The Morgan fingerprint density at radius 2 is 1.67 bits per heavy atom. The van der Waals surface area contributed by atoms with Gasteiger partial charge in [-0.15, -0.1) is 0 Å². The van der Waals surface area contributed by atoms with Gasteiger partial charge in [0, 0.05) is 6.61 Å². The van der Waals surface area contributed by atoms with E-state index in [0.717, 1.165) is 6.42 Å². The molecule has 0 aromatic rings. The quantitative estimate of drug-likeness (QED) is 0.599. The second-order valence-electron chi connectivity index (χ2n) is 5.36. The van der Waals surface area contributed by atoms with Gasteiger partial charge in [-0.1, -0.05) is 53.9 Å². The lowest BCUT2D eigenvalue weighted by Gasteiger charge is -2.39. The number of unbranched alkanes of at least 4 members (excludes halogenated alkanes) is 2. The molecule has 0 aliphatic carbocycles. The van der Waals surface area contributed by atoms with Gasteiger partial charge in [0.1, 0.15) is 0 Å². The van der Waals surface area contributed by atoms with E-state index in [2.05, 4.69) is 34.6 Å². The number of hydrogen-bond donors (Lipinski definition) is 1. The fourth-order valence-electron chi connectivity index (χ4n) is 2.50. The molecular weight excluding hydrogens is 184 g/mol. The third-order valence-corrected chi connectivity index (χ3v) is 4.26. The van der Waals surface area contributed by atoms with E-state index in [1.165, 1.54) is 25.7 Å². The van der Waals surface area contributed by atoms with Gasteiger partial charge in [0.15, 0.2) is 0 Å². The minimum absolute atomic E-state index is 0.170. The fourth-order valence-corrected chi connectivity index (χ4v) is 2.50. The predicted molar refractivity (Wildman–Crippen MR) is 68.0 cm³/mol. The zero-order valence-corrected chi connectivity index (χ0v) is 11.3. The number of hydrogen-bond acceptors (Lipinski definition) is 1. The summed E-state index contributed by atoms with van der Waals surface area (Å²) in [7, 11) is 0. The fraction of sp³-hybridized carbons (Fsp3) is 1.00. The Morgan fingerprint density at radius 3 is 2.00 bits per heavy atom. The van der Waals surface area contributed by atoms with Crippen LogP contribution in [0.5, 0.6) is 0 Å². The first-order valence-electron chi connectivity index (χ1n) is 6.65. The zero-order chi connectivity index (χ0) is 11.9. The number of rotatable bonds is 8. The van der Waals surface area contributed by atoms with E-state index < -0.39 is 0 Å². The van der Waals surface area contributed by atoms with Gasteiger partial charge < -0.3 is 5.11 Å². The molecule has 15 heavy (non-hydrogen) atoms. The minimum atomic E-state index is 0.170. The lowest BCUT2D eigenvalue weighted by molar-refractivity contribution is 0.0307. The number of aliphatic hydroxyl groups is 1. The minimum Gasteiger partial charge on any atom is -0.396 e. The van der Waals surface area contributed by atoms with Crippen LogP contribution in [0, 0.1) is 17.3 Å². The largest absolute Gasteiger partial charge is 0.396 e. The summed E-state index contributed by atoms with van der Waals surface area (Å²) in [4.78, 5) is 0. The Bertz CT molecular complexity index is 147. The van der Waals surface area contributed by atoms with Gasteiger partial charge in [-0.3, -0.25) is 0 Å². The Labute approximate surface area is 96.3 Å². The van der Waals surface area contributed by atoms with Gasteiger partial charge in [-0.05, 0) is 30.1 Å². The second kappa shape index (κ2) is 7.27. The first-order valence-corrected chi connectivity index (χ1v) is 6.65. The van der Waals surface area contributed by atoms with Gasteiger partial charge in [-0.2, -0.15) is 0 Å². The van der Waals surface area contributed by atoms with Gasteiger partial charge in [0.05, 0.1) is 0 Å². The average Bonchev–Trinajstić information content (AvgIpc) is 2.24. The third kappa shape index (κ3) is 4.14. The van der Waals surface area contributed by atoms with Crippen molar-refractivity contribution < 1.29 is 5.11 Å². The van der Waals surface area contributed by atoms with Crippen LogP contribution in [0.4, 0.5) is 0 Å². The van der Waals surface area contributed by atoms with Gasteiger partial charge in [-0.25, -0.2) is 0 Å². The smallest absolute Gasteiger partial charge is 0.0489 e. The van der Waals surface area contributed by atoms with E-state index in [-0.39, 0.29) is 5.41 Å². The average molecular weight is 214 g/mol. The van der Waals surface area contributed by atoms with Crippen molar-refractivity contribution in [2.24, 2.45) is 17.3 Å². The van der Waals surface area contributed by atoms with E-state index in [1.807, 2.05) is 0 Å². The lowest BCUT2D eigenvalue weighted by atomic mass is 9.67. The van der Waals surface area contributed by atoms with E-state index >= 15 is 0 Å². The van der Waals surface area contributed by atoms with Crippen LogP contribution in [-0.4, -0.2) is 11.7 Å². The molecule has 0 aliphatic heterocycles. The lowest BCUT2D eigenvalue weighted by Crippen LogP contribution is -2.35. The molecule has 0 bridgehead atoms. The van der Waals surface area contributed by atoms with E-state index in [1.54, 1.807) is 0 Å². The SMILES string of the molecule is CCCCCC(CC)(CO)C(C)C(C)C. The van der Waals surface area contributed by atoms with E-state index in [9.17, 15) is 5.11 Å². The molecule has 1 heteroatoms. The Hall–Kier alpha value is -0.0400. The summed E-state index contributed by atoms with van der Waals surface area (Å²) in [6, 6.07) is 0. The molecule has 0 radical (unpaired) electrons. The topological polar surface area (TPSA) is 20.2 Å². The van der Waals surface area contributed by atoms with Crippen LogP contribution >= 0.6 is 0 Å². The Balaban J connectivity index is 4.42. The molecular formula is C14H30O. The number of aliphatic hydroxyl groups excluding tert-OH is 1. The van der Waals surface area contributed by atoms with Crippen LogP contribution in [0.3, 0.4) is 0 Å². The highest BCUT2D eigenvalue weighted by Crippen LogP contribution is 2.40. The molecule has 0 aromatic heterocycles. The van der Waals surface area contributed by atoms with Crippen molar-refractivity contribution in [1.29, 1.82) is 0 Å². The molecule has 2 atom stereocenters. The monoisotopic (exact) mass is 214 g/mol. The molecule has 0 aromatic carbocycles. The van der Waals surface area contributed by atoms with E-state index in [0.29, 0.717) is 18.4 Å². The summed E-state index contributed by atoms with van der Waals surface area (Å²) in [5.41, 5.74) is 0.170. The molecule has 0 amide bonds. The molecule has 0 rings (SSSR count). The summed E-state index contributed by atoms with van der Waals surface area (Å²) in [5.74, 6) is 1.28. The zero-order valence-electron chi connectivity index (χ0n) is 11.3. The highest BCUT2D eigenvalue weighted by molar-refractivity contribution is 4.84. The van der Waals surface area contributed by atoms with Crippen LogP contribution in [0.1, 0.15) is 66.7 Å². The van der Waals surface area contributed by atoms with Crippen LogP contribution in [0.25, 0.3) is 0 Å². The van der Waals surface area contributed by atoms with Crippen molar-refractivity contribution in [3.63, 3.8) is 0 Å². The summed E-state index contributed by atoms with van der Waals surface area (Å²) in [6.45, 7) is 11.7. The Kier molecular flexibility index (Phi) is 7.25. The van der Waals surface area contributed by atoms with E-state index in [4.69, 9.17) is 0 Å². The Morgan fingerprint density at radius 1 is 1.07 bits per heavy atom. The molecule has 0 saturated heterocycles. The predicted octanol–water partition coefficient (Wildman–Crippen LogP) is 4.25. The van der Waals surface area contributed by atoms with Crippen LogP contribution in [0.2, 0.25) is 0 Å². The van der Waals surface area contributed by atoms with Crippen LogP contribution < -0.4 is 0 Å². The van der Waals surface area contributed by atoms with Gasteiger partial charge in [0.25, 0.3) is 0 Å². The summed E-state index contributed by atoms with van der Waals surface area (Å²) >= 11 is 0. The van der Waals surface area contributed by atoms with Crippen molar-refractivity contribution in [1.82, 2.24) is 0 Å². The van der Waals surface area contributed by atoms with Crippen LogP contribution in [0.15, 0.2) is 0 Å². The van der Waals surface area contributed by atoms with Crippen molar-refractivity contribution in [2.75, 3.05) is 6.61 Å². The summed E-state index contributed by atoms with van der Waals surface area (Å²) in [6.07, 6.45) is 6.12. The molecule has 1 N–H and O–H groups in total. The highest BCUT2D eigenvalue weighted by Gasteiger charge is 2.34. The second-order valence-corrected chi connectivity index (χ2v) is 5.36. The van der Waals surface area contributed by atoms with Crippen molar-refractivity contribution in [2.45, 2.75) is 66.7 Å². The molecule has 0 saturated carbocycles. The third-order valence-electron chi connectivity index (χ3n) is 4.26. The molecule has 0 heterocycles. The summed E-state index contributed by atoms with van der Waals surface area (Å²) < 4.78 is 0. The van der Waals surface area contributed by atoms with Crippen molar-refractivity contribution in [3.8, 4) is 0 Å². The molecule has 0 fully saturated rings. The first kappa shape index (κ1) is 15.0. The van der Waals surface area contributed by atoms with Crippen molar-refractivity contribution in [3.05, 3.63) is 0 Å². The maximum Gasteiger partial charge on any atom is 0.0489 e. The van der Waals surface area contributed by atoms with Crippen LogP contribution in [-0.2, 0) is 0 Å². The molecule has 2 unspecified atom stereocenters. The first-order chi connectivity index (χ1) is 7.04. The van der Waals surface area contributed by atoms with Gasteiger partial charge >= 0.3 is 0 Å². The van der Waals surface area contributed by atoms with Crippen molar-refractivity contribution >= 4 is 0 Å². The highest BCUT2D eigenvalue weighted by atomic mass is 16.3. The van der Waals surface area contributed by atoms with Gasteiger partial charge in [0.2, 0.25) is 0 Å². The molecule has 0 spiro atoms. The summed E-state index contributed by atoms with van der Waals surface area (Å²) in [5, 5.41) is 9.70. The maximum absolute atomic E-state index is 9.70. The molecule has 0 aliphatic rings. The standard InChI is InChI=1S/C14H30O/c1-6-8-9-10-14(7-2,11-15)13(5)12(3)4/h12-13,15H,6-11H2,1-5H3. The maximum atomic E-state index is 9.70. The molecule has 92 valence electrons.